The number of amides is 2. The third-order valence-electron chi connectivity index (χ3n) is 4.62. The molecule has 1 aromatic heterocycles. The number of urea groups is 1. The molecule has 1 aliphatic heterocycles. The predicted octanol–water partition coefficient (Wildman–Crippen LogP) is 5.78. The Morgan fingerprint density at radius 1 is 1.28 bits per heavy atom. The van der Waals surface area contributed by atoms with Gasteiger partial charge in [-0.15, -0.1) is 0 Å². The number of carbonyl (C=O) groups is 1. The fourth-order valence-corrected chi connectivity index (χ4v) is 3.30. The highest BCUT2D eigenvalue weighted by Crippen LogP contribution is 2.36. The highest BCUT2D eigenvalue weighted by molar-refractivity contribution is 6.31. The molecule has 1 aliphatic rings. The monoisotopic (exact) mass is 473 g/mol. The van der Waals surface area contributed by atoms with Crippen LogP contribution in [0.5, 0.6) is 0 Å². The molecule has 32 heavy (non-hydrogen) atoms. The van der Waals surface area contributed by atoms with Crippen LogP contribution in [0.25, 0.3) is 5.57 Å². The first-order valence-corrected chi connectivity index (χ1v) is 10.4. The number of benzene rings is 1. The zero-order chi connectivity index (χ0) is 23.9. The summed E-state index contributed by atoms with van der Waals surface area (Å²) in [6.45, 7) is 4.29. The first-order chi connectivity index (χ1) is 15.2. The summed E-state index contributed by atoms with van der Waals surface area (Å²) in [7, 11) is 0. The van der Waals surface area contributed by atoms with E-state index in [1.54, 1.807) is 6.08 Å². The van der Waals surface area contributed by atoms with Crippen molar-refractivity contribution < 1.29 is 27.5 Å². The number of hydrogen-bond acceptors (Lipinski definition) is 3. The smallest absolute Gasteiger partial charge is 0.396 e. The number of hydrogen-bond donors (Lipinski definition) is 2. The second kappa shape index (κ2) is 11.3. The lowest BCUT2D eigenvalue weighted by Gasteiger charge is -2.27. The van der Waals surface area contributed by atoms with Gasteiger partial charge >= 0.3 is 12.2 Å². The van der Waals surface area contributed by atoms with Gasteiger partial charge in [0.1, 0.15) is 11.5 Å². The van der Waals surface area contributed by atoms with Gasteiger partial charge in [0.25, 0.3) is 0 Å². The molecule has 2 heterocycles. The lowest BCUT2D eigenvalue weighted by atomic mass is 10.0. The fourth-order valence-electron chi connectivity index (χ4n) is 3.07. The zero-order valence-corrected chi connectivity index (χ0v) is 18.4. The molecule has 0 spiro atoms. The first kappa shape index (κ1) is 25.6. The minimum atomic E-state index is -4.63. The highest BCUT2D eigenvalue weighted by Gasteiger charge is 2.33. The lowest BCUT2D eigenvalue weighted by Crippen LogP contribution is -2.38. The molecule has 5 nitrogen and oxygen atoms in total. The number of pyridine rings is 1. The molecule has 1 aromatic carbocycles. The number of carbonyl (C=O) groups excluding carboxylic acids is 1. The molecular formula is C22H24ClF4N3O2. The zero-order valence-electron chi connectivity index (χ0n) is 17.6. The number of rotatable bonds is 4. The van der Waals surface area contributed by atoms with E-state index >= 15 is 0 Å². The number of aromatic nitrogens is 1. The molecule has 2 N–H and O–H groups in total. The molecule has 0 unspecified atom stereocenters. The Morgan fingerprint density at radius 2 is 2.00 bits per heavy atom. The third-order valence-corrected chi connectivity index (χ3v) is 4.95. The Bertz CT molecular complexity index is 980. The SMILES string of the molecule is CC.O=C(Nc1ccc(Cl)c(C(F)(F)F)c1)N1CC=C(c2ncc(CCO)cc2F)CC1. The van der Waals surface area contributed by atoms with Gasteiger partial charge in [-0.2, -0.15) is 13.2 Å². The molecule has 0 radical (unpaired) electrons. The predicted molar refractivity (Wildman–Crippen MR) is 116 cm³/mol. The maximum Gasteiger partial charge on any atom is 0.417 e. The van der Waals surface area contributed by atoms with Gasteiger partial charge < -0.3 is 15.3 Å². The lowest BCUT2D eigenvalue weighted by molar-refractivity contribution is -0.137. The minimum Gasteiger partial charge on any atom is -0.396 e. The van der Waals surface area contributed by atoms with Gasteiger partial charge in [0.05, 0.1) is 10.6 Å². The Labute approximate surface area is 188 Å². The molecule has 0 aliphatic carbocycles. The van der Waals surface area contributed by atoms with Crippen LogP contribution in [-0.2, 0) is 12.6 Å². The van der Waals surface area contributed by atoms with E-state index in [-0.39, 0.29) is 31.1 Å². The van der Waals surface area contributed by atoms with Crippen LogP contribution in [0.2, 0.25) is 5.02 Å². The van der Waals surface area contributed by atoms with Crippen LogP contribution in [0.3, 0.4) is 0 Å². The summed E-state index contributed by atoms with van der Waals surface area (Å²) in [6, 6.07) is 3.87. The molecule has 174 valence electrons. The van der Waals surface area contributed by atoms with Gasteiger partial charge in [0.2, 0.25) is 0 Å². The Hall–Kier alpha value is -2.65. The van der Waals surface area contributed by atoms with E-state index in [0.29, 0.717) is 24.0 Å². The second-order valence-corrected chi connectivity index (χ2v) is 7.10. The average Bonchev–Trinajstić information content (AvgIpc) is 2.76. The van der Waals surface area contributed by atoms with Crippen molar-refractivity contribution in [1.29, 1.82) is 0 Å². The van der Waals surface area contributed by atoms with Crippen molar-refractivity contribution in [1.82, 2.24) is 9.88 Å². The number of halogens is 5. The number of nitrogens with one attached hydrogen (secondary N) is 1. The topological polar surface area (TPSA) is 65.5 Å². The van der Waals surface area contributed by atoms with E-state index in [2.05, 4.69) is 10.3 Å². The molecular weight excluding hydrogens is 450 g/mol. The van der Waals surface area contributed by atoms with Crippen molar-refractivity contribution in [3.8, 4) is 0 Å². The van der Waals surface area contributed by atoms with Crippen molar-refractivity contribution >= 4 is 28.9 Å². The number of alkyl halides is 3. The van der Waals surface area contributed by atoms with Crippen molar-refractivity contribution in [3.05, 3.63) is 64.2 Å². The van der Waals surface area contributed by atoms with Gasteiger partial charge in [0, 0.05) is 31.6 Å². The van der Waals surface area contributed by atoms with E-state index in [1.165, 1.54) is 23.2 Å². The second-order valence-electron chi connectivity index (χ2n) is 6.70. The van der Waals surface area contributed by atoms with Crippen LogP contribution >= 0.6 is 11.6 Å². The summed E-state index contributed by atoms with van der Waals surface area (Å²) in [4.78, 5) is 17.9. The third kappa shape index (κ3) is 6.43. The van der Waals surface area contributed by atoms with Crippen LogP contribution in [-0.4, -0.2) is 40.7 Å². The Balaban J connectivity index is 0.00000176. The van der Waals surface area contributed by atoms with Gasteiger partial charge in [0.15, 0.2) is 0 Å². The summed E-state index contributed by atoms with van der Waals surface area (Å²) in [5, 5.41) is 10.9. The number of aliphatic hydroxyl groups is 1. The van der Waals surface area contributed by atoms with Gasteiger partial charge in [-0.25, -0.2) is 9.18 Å². The molecule has 10 heteroatoms. The average molecular weight is 474 g/mol. The number of nitrogens with zero attached hydrogens (tertiary/aromatic N) is 2. The Kier molecular flexibility index (Phi) is 9.03. The van der Waals surface area contributed by atoms with Crippen LogP contribution in [0.1, 0.15) is 37.1 Å². The molecule has 0 fully saturated rings. The maximum atomic E-state index is 14.3. The number of aliphatic hydroxyl groups excluding tert-OH is 1. The van der Waals surface area contributed by atoms with E-state index in [1.807, 2.05) is 13.8 Å². The van der Waals surface area contributed by atoms with Crippen molar-refractivity contribution in [2.75, 3.05) is 25.0 Å². The largest absolute Gasteiger partial charge is 0.417 e. The van der Waals surface area contributed by atoms with E-state index in [0.717, 1.165) is 12.1 Å². The Morgan fingerprint density at radius 3 is 2.56 bits per heavy atom. The molecule has 2 amide bonds. The summed E-state index contributed by atoms with van der Waals surface area (Å²) >= 11 is 5.58. The van der Waals surface area contributed by atoms with E-state index < -0.39 is 28.6 Å². The normalized spacial score (nSPS) is 13.8. The maximum absolute atomic E-state index is 14.3. The fraction of sp³-hybridized carbons (Fsp3) is 0.364. The van der Waals surface area contributed by atoms with E-state index in [9.17, 15) is 22.4 Å². The summed E-state index contributed by atoms with van der Waals surface area (Å²) in [6.07, 6.45) is -0.843. The van der Waals surface area contributed by atoms with Gasteiger partial charge in [-0.1, -0.05) is 31.5 Å². The standard InChI is InChI=1S/C20H18ClF4N3O2.C2H6/c21-16-2-1-14(10-15(16)20(23,24)25)27-19(30)28-6-3-13(4-7-28)18-17(22)9-12(5-8-29)11-26-18;1-2/h1-3,9-11,29H,4-8H2,(H,27,30);1-2H3. The summed E-state index contributed by atoms with van der Waals surface area (Å²) < 4.78 is 53.2. The number of anilines is 1. The summed E-state index contributed by atoms with van der Waals surface area (Å²) in [5.74, 6) is -0.508. The van der Waals surface area contributed by atoms with Crippen molar-refractivity contribution in [2.24, 2.45) is 0 Å². The molecule has 0 bridgehead atoms. The van der Waals surface area contributed by atoms with Crippen molar-refractivity contribution in [2.45, 2.75) is 32.9 Å². The molecule has 2 aromatic rings. The quantitative estimate of drug-likeness (QED) is 0.553. The van der Waals surface area contributed by atoms with Crippen LogP contribution in [0.4, 0.5) is 28.0 Å². The van der Waals surface area contributed by atoms with Crippen LogP contribution in [0.15, 0.2) is 36.5 Å². The minimum absolute atomic E-state index is 0.0290. The van der Waals surface area contributed by atoms with Crippen LogP contribution in [0, 0.1) is 5.82 Å². The molecule has 3 rings (SSSR count). The van der Waals surface area contributed by atoms with Crippen molar-refractivity contribution in [3.63, 3.8) is 0 Å². The summed E-state index contributed by atoms with van der Waals surface area (Å²) in [5.41, 5.74) is 0.340. The molecule has 0 atom stereocenters. The van der Waals surface area contributed by atoms with Crippen LogP contribution < -0.4 is 5.32 Å². The van der Waals surface area contributed by atoms with E-state index in [4.69, 9.17) is 16.7 Å². The van der Waals surface area contributed by atoms with Gasteiger partial charge in [-0.05, 0) is 48.2 Å². The first-order valence-electron chi connectivity index (χ1n) is 10.1. The highest BCUT2D eigenvalue weighted by atomic mass is 35.5. The molecule has 0 saturated heterocycles. The molecule has 0 saturated carbocycles. The van der Waals surface area contributed by atoms with Gasteiger partial charge in [-0.3, -0.25) is 4.98 Å².